The minimum atomic E-state index is -0.876. The van der Waals surface area contributed by atoms with Crippen LogP contribution in [0.3, 0.4) is 0 Å². The highest BCUT2D eigenvalue weighted by atomic mass is 16.3. The highest BCUT2D eigenvalue weighted by Crippen LogP contribution is 2.49. The molecule has 0 bridgehead atoms. The van der Waals surface area contributed by atoms with Gasteiger partial charge < -0.3 is 14.8 Å². The van der Waals surface area contributed by atoms with Crippen molar-refractivity contribution in [3.8, 4) is 0 Å². The molecule has 0 saturated heterocycles. The number of para-hydroxylation sites is 2. The Balaban J connectivity index is 1.65. The molecule has 2 unspecified atom stereocenters. The molecule has 5 rings (SSSR count). The number of aromatic nitrogens is 3. The van der Waals surface area contributed by atoms with Crippen molar-refractivity contribution < 1.29 is 10.2 Å². The quantitative estimate of drug-likeness (QED) is 0.452. The molecule has 2 atom stereocenters. The Bertz CT molecular complexity index is 1310. The topological polar surface area (TPSA) is 83.2 Å². The Kier molecular flexibility index (Phi) is 4.66. The van der Waals surface area contributed by atoms with Crippen molar-refractivity contribution in [1.82, 2.24) is 14.3 Å². The summed E-state index contributed by atoms with van der Waals surface area (Å²) in [7, 11) is 0. The van der Waals surface area contributed by atoms with Gasteiger partial charge in [-0.2, -0.15) is 0 Å². The zero-order chi connectivity index (χ0) is 22.9. The lowest BCUT2D eigenvalue weighted by Gasteiger charge is -2.47. The minimum absolute atomic E-state index is 0.0630. The van der Waals surface area contributed by atoms with Gasteiger partial charge in [0.05, 0.1) is 23.8 Å². The zero-order valence-corrected chi connectivity index (χ0v) is 19.2. The molecule has 6 nitrogen and oxygen atoms in total. The first-order valence-electron chi connectivity index (χ1n) is 11.3. The van der Waals surface area contributed by atoms with Crippen LogP contribution in [0.2, 0.25) is 0 Å². The van der Waals surface area contributed by atoms with Crippen molar-refractivity contribution in [3.63, 3.8) is 0 Å². The Hall–Kier alpha value is -2.83. The average Bonchev–Trinajstić information content (AvgIpc) is 3.25. The van der Waals surface area contributed by atoms with Crippen molar-refractivity contribution >= 4 is 21.8 Å². The highest BCUT2D eigenvalue weighted by molar-refractivity contribution is 6.08. The molecule has 2 aromatic carbocycles. The Morgan fingerprint density at radius 3 is 1.88 bits per heavy atom. The van der Waals surface area contributed by atoms with E-state index in [0.29, 0.717) is 5.56 Å². The van der Waals surface area contributed by atoms with Gasteiger partial charge in [0.15, 0.2) is 0 Å². The van der Waals surface area contributed by atoms with Crippen LogP contribution < -0.4 is 5.56 Å². The molecule has 1 aliphatic rings. The van der Waals surface area contributed by atoms with Crippen LogP contribution in [-0.2, 0) is 5.54 Å². The van der Waals surface area contributed by atoms with Gasteiger partial charge in [-0.15, -0.1) is 0 Å². The van der Waals surface area contributed by atoms with E-state index in [4.69, 9.17) is 0 Å². The standard InChI is InChI=1S/C26H31N3O3/c1-14(2)21-19(25(32)29(27-21)26(3,4)5)20-23(30)22(24(20)31)28-17-12-8-6-10-15(17)16-11-7-9-13-18(16)28/h6-14,20,22-24,27,30-31H,1-5H3. The van der Waals surface area contributed by atoms with Crippen LogP contribution in [0.25, 0.3) is 21.8 Å². The summed E-state index contributed by atoms with van der Waals surface area (Å²) < 4.78 is 3.66. The Morgan fingerprint density at radius 2 is 1.41 bits per heavy atom. The summed E-state index contributed by atoms with van der Waals surface area (Å²) >= 11 is 0. The Morgan fingerprint density at radius 1 is 0.906 bits per heavy atom. The van der Waals surface area contributed by atoms with Gasteiger partial charge in [-0.05, 0) is 38.8 Å². The molecule has 0 aliphatic heterocycles. The maximum absolute atomic E-state index is 13.4. The number of H-pyrrole nitrogens is 1. The molecule has 0 spiro atoms. The van der Waals surface area contributed by atoms with E-state index in [1.807, 2.05) is 75.6 Å². The molecule has 0 radical (unpaired) electrons. The van der Waals surface area contributed by atoms with Gasteiger partial charge in [0.2, 0.25) is 0 Å². The number of aliphatic hydroxyl groups is 2. The predicted octanol–water partition coefficient (Wildman–Crippen LogP) is 4.22. The number of aliphatic hydroxyl groups excluding tert-OH is 2. The van der Waals surface area contributed by atoms with Crippen LogP contribution in [-0.4, -0.2) is 36.8 Å². The number of aromatic amines is 1. The largest absolute Gasteiger partial charge is 0.390 e. The van der Waals surface area contributed by atoms with E-state index in [9.17, 15) is 15.0 Å². The maximum atomic E-state index is 13.4. The number of hydrogen-bond donors (Lipinski definition) is 3. The number of hydrogen-bond acceptors (Lipinski definition) is 3. The predicted molar refractivity (Wildman–Crippen MR) is 127 cm³/mol. The van der Waals surface area contributed by atoms with Crippen LogP contribution in [0.5, 0.6) is 0 Å². The first-order chi connectivity index (χ1) is 15.1. The van der Waals surface area contributed by atoms with Crippen LogP contribution in [0.4, 0.5) is 0 Å². The SMILES string of the molecule is CC(C)c1[nH]n(C(C)(C)C)c(=O)c1C1C(O)C(n2c3ccccc3c3ccccc32)C1O. The molecule has 1 fully saturated rings. The summed E-state index contributed by atoms with van der Waals surface area (Å²) in [5.74, 6) is -0.572. The summed E-state index contributed by atoms with van der Waals surface area (Å²) in [4.78, 5) is 13.4. The van der Waals surface area contributed by atoms with Crippen LogP contribution in [0.1, 0.15) is 63.8 Å². The molecule has 0 amide bonds. The van der Waals surface area contributed by atoms with Crippen LogP contribution in [0.15, 0.2) is 53.3 Å². The van der Waals surface area contributed by atoms with Crippen LogP contribution in [0, 0.1) is 0 Å². The summed E-state index contributed by atoms with van der Waals surface area (Å²) in [6, 6.07) is 15.6. The number of nitrogens with one attached hydrogen (secondary N) is 1. The molecular weight excluding hydrogens is 402 g/mol. The number of nitrogens with zero attached hydrogens (tertiary/aromatic N) is 2. The molecule has 2 heterocycles. The van der Waals surface area contributed by atoms with Crippen molar-refractivity contribution in [3.05, 3.63) is 70.1 Å². The van der Waals surface area contributed by atoms with E-state index in [0.717, 1.165) is 27.5 Å². The zero-order valence-electron chi connectivity index (χ0n) is 19.2. The average molecular weight is 434 g/mol. The third-order valence-electron chi connectivity index (χ3n) is 6.89. The lowest BCUT2D eigenvalue weighted by Crippen LogP contribution is -2.55. The summed E-state index contributed by atoms with van der Waals surface area (Å²) in [5, 5.41) is 28.2. The highest BCUT2D eigenvalue weighted by Gasteiger charge is 2.54. The third-order valence-corrected chi connectivity index (χ3v) is 6.89. The Labute approximate surface area is 187 Å². The molecule has 6 heteroatoms. The fourth-order valence-electron chi connectivity index (χ4n) is 5.31. The van der Waals surface area contributed by atoms with Crippen LogP contribution >= 0.6 is 0 Å². The molecule has 4 aromatic rings. The van der Waals surface area contributed by atoms with Gasteiger partial charge in [-0.3, -0.25) is 9.89 Å². The van der Waals surface area contributed by atoms with Crippen molar-refractivity contribution in [1.29, 1.82) is 0 Å². The first kappa shape index (κ1) is 21.0. The van der Waals surface area contributed by atoms with Crippen molar-refractivity contribution in [2.75, 3.05) is 0 Å². The number of rotatable bonds is 3. The van der Waals surface area contributed by atoms with Gasteiger partial charge in [0, 0.05) is 39.0 Å². The second kappa shape index (κ2) is 7.09. The third kappa shape index (κ3) is 2.82. The van der Waals surface area contributed by atoms with Gasteiger partial charge in [0.25, 0.3) is 5.56 Å². The molecule has 32 heavy (non-hydrogen) atoms. The van der Waals surface area contributed by atoms with Gasteiger partial charge in [-0.25, -0.2) is 4.68 Å². The lowest BCUT2D eigenvalue weighted by molar-refractivity contribution is -0.104. The lowest BCUT2D eigenvalue weighted by atomic mass is 9.69. The summed E-state index contributed by atoms with van der Waals surface area (Å²) in [5.41, 5.74) is 2.65. The minimum Gasteiger partial charge on any atom is -0.390 e. The van der Waals surface area contributed by atoms with E-state index in [-0.39, 0.29) is 11.5 Å². The second-order valence-corrected chi connectivity index (χ2v) is 10.3. The summed E-state index contributed by atoms with van der Waals surface area (Å²) in [6.45, 7) is 9.93. The monoisotopic (exact) mass is 433 g/mol. The van der Waals surface area contributed by atoms with Gasteiger partial charge in [-0.1, -0.05) is 50.2 Å². The van der Waals surface area contributed by atoms with Gasteiger partial charge >= 0.3 is 0 Å². The molecule has 2 aromatic heterocycles. The molecule has 3 N–H and O–H groups in total. The summed E-state index contributed by atoms with van der Waals surface area (Å²) in [6.07, 6.45) is -1.75. The van der Waals surface area contributed by atoms with Crippen molar-refractivity contribution in [2.45, 2.75) is 70.2 Å². The number of fused-ring (bicyclic) bond motifs is 3. The molecule has 168 valence electrons. The molecule has 1 aliphatic carbocycles. The normalized spacial score (nSPS) is 23.9. The second-order valence-electron chi connectivity index (χ2n) is 10.3. The first-order valence-corrected chi connectivity index (χ1v) is 11.3. The van der Waals surface area contributed by atoms with E-state index >= 15 is 0 Å². The van der Waals surface area contributed by atoms with Crippen molar-refractivity contribution in [2.24, 2.45) is 0 Å². The number of benzene rings is 2. The smallest absolute Gasteiger partial charge is 0.270 e. The van der Waals surface area contributed by atoms with E-state index in [1.165, 1.54) is 0 Å². The van der Waals surface area contributed by atoms with E-state index < -0.39 is 29.7 Å². The fourth-order valence-corrected chi connectivity index (χ4v) is 5.31. The molecular formula is C26H31N3O3. The van der Waals surface area contributed by atoms with Gasteiger partial charge in [0.1, 0.15) is 0 Å². The maximum Gasteiger partial charge on any atom is 0.270 e. The van der Waals surface area contributed by atoms with E-state index in [2.05, 4.69) is 17.2 Å². The fraction of sp³-hybridized carbons (Fsp3) is 0.423. The van der Waals surface area contributed by atoms with E-state index in [1.54, 1.807) is 4.68 Å². The molecule has 1 saturated carbocycles.